The van der Waals surface area contributed by atoms with Crippen LogP contribution in [0.3, 0.4) is 0 Å². The number of hydrogen-bond acceptors (Lipinski definition) is 3. The van der Waals surface area contributed by atoms with Crippen molar-refractivity contribution < 1.29 is 0 Å². The van der Waals surface area contributed by atoms with Crippen LogP contribution in [-0.2, 0) is 0 Å². The molecule has 0 N–H and O–H groups in total. The predicted molar refractivity (Wildman–Crippen MR) is 224 cm³/mol. The van der Waals surface area contributed by atoms with E-state index in [4.69, 9.17) is 15.0 Å². The fourth-order valence-corrected chi connectivity index (χ4v) is 11.2. The summed E-state index contributed by atoms with van der Waals surface area (Å²) in [5, 5.41) is 7.75. The lowest BCUT2D eigenvalue weighted by atomic mass is 9.94. The molecule has 4 heteroatoms. The Morgan fingerprint density at radius 3 is 1.58 bits per heavy atom. The summed E-state index contributed by atoms with van der Waals surface area (Å²) in [6, 6.07) is 62.9. The van der Waals surface area contributed by atoms with Crippen LogP contribution in [0, 0.1) is 0 Å². The van der Waals surface area contributed by atoms with Crippen molar-refractivity contribution in [2.24, 2.45) is 0 Å². The van der Waals surface area contributed by atoms with Gasteiger partial charge in [-0.05, 0) is 77.4 Å². The third-order valence-corrected chi connectivity index (χ3v) is 14.4. The molecule has 53 heavy (non-hydrogen) atoms. The Morgan fingerprint density at radius 1 is 0.340 bits per heavy atom. The van der Waals surface area contributed by atoms with E-state index in [1.165, 1.54) is 54.3 Å². The molecule has 0 spiro atoms. The van der Waals surface area contributed by atoms with Crippen LogP contribution in [0.25, 0.3) is 89.1 Å². The van der Waals surface area contributed by atoms with Crippen LogP contribution in [-0.4, -0.2) is 23.0 Å². The highest BCUT2D eigenvalue weighted by atomic mass is 28.3. The highest BCUT2D eigenvalue weighted by Crippen LogP contribution is 2.40. The number of fused-ring (bicyclic) bond motifs is 6. The molecular formula is C49H35N3Si. The SMILES string of the molecule is C[Si]1(C)c2cccc(-c3nc(-c4ccc(-c5ccccc5)cc4)nc(-c4ccc5cc(-c6ccccc6)ccc5c4)n3)c2-c2c1ccc1ccccc21. The van der Waals surface area contributed by atoms with Gasteiger partial charge in [0.1, 0.15) is 8.07 Å². The molecule has 1 aliphatic rings. The summed E-state index contributed by atoms with van der Waals surface area (Å²) in [6.07, 6.45) is 0. The Morgan fingerprint density at radius 2 is 0.849 bits per heavy atom. The van der Waals surface area contributed by atoms with Crippen LogP contribution < -0.4 is 10.4 Å². The van der Waals surface area contributed by atoms with Crippen molar-refractivity contribution >= 4 is 40.0 Å². The van der Waals surface area contributed by atoms with Crippen molar-refractivity contribution in [1.29, 1.82) is 0 Å². The van der Waals surface area contributed by atoms with Crippen molar-refractivity contribution in [1.82, 2.24) is 15.0 Å². The van der Waals surface area contributed by atoms with Gasteiger partial charge in [0.05, 0.1) is 0 Å². The van der Waals surface area contributed by atoms with Crippen LogP contribution in [0.4, 0.5) is 0 Å². The number of rotatable bonds is 5. The molecule has 0 saturated carbocycles. The minimum atomic E-state index is -1.99. The zero-order chi connectivity index (χ0) is 35.5. The maximum absolute atomic E-state index is 5.31. The van der Waals surface area contributed by atoms with E-state index in [2.05, 4.69) is 183 Å². The molecule has 0 atom stereocenters. The highest BCUT2D eigenvalue weighted by molar-refractivity contribution is 7.04. The van der Waals surface area contributed by atoms with E-state index in [1.54, 1.807) is 0 Å². The Kier molecular flexibility index (Phi) is 7.27. The molecule has 0 unspecified atom stereocenters. The number of aromatic nitrogens is 3. The Hall–Kier alpha value is -6.49. The topological polar surface area (TPSA) is 38.7 Å². The summed E-state index contributed by atoms with van der Waals surface area (Å²) in [4.78, 5) is 15.8. The van der Waals surface area contributed by atoms with Crippen molar-refractivity contribution in [3.63, 3.8) is 0 Å². The van der Waals surface area contributed by atoms with E-state index < -0.39 is 8.07 Å². The first-order chi connectivity index (χ1) is 26.0. The van der Waals surface area contributed by atoms with Gasteiger partial charge in [0, 0.05) is 16.7 Å². The highest BCUT2D eigenvalue weighted by Gasteiger charge is 2.40. The van der Waals surface area contributed by atoms with Crippen LogP contribution in [0.5, 0.6) is 0 Å². The second-order valence-corrected chi connectivity index (χ2v) is 18.8. The molecular weight excluding hydrogens is 659 g/mol. The summed E-state index contributed by atoms with van der Waals surface area (Å²) in [5.74, 6) is 2.02. The molecule has 8 aromatic carbocycles. The number of nitrogens with zero attached hydrogens (tertiary/aromatic N) is 3. The van der Waals surface area contributed by atoms with Crippen LogP contribution in [0.1, 0.15) is 0 Å². The average Bonchev–Trinajstić information content (AvgIpc) is 3.47. The Bertz CT molecular complexity index is 2850. The van der Waals surface area contributed by atoms with E-state index in [0.29, 0.717) is 17.5 Å². The fraction of sp³-hybridized carbons (Fsp3) is 0.0408. The molecule has 0 aliphatic carbocycles. The molecule has 0 fully saturated rings. The summed E-state index contributed by atoms with van der Waals surface area (Å²) < 4.78 is 0. The lowest BCUT2D eigenvalue weighted by Crippen LogP contribution is -2.49. The Balaban J connectivity index is 1.16. The minimum absolute atomic E-state index is 0.661. The molecule has 0 amide bonds. The van der Waals surface area contributed by atoms with Gasteiger partial charge in [0.15, 0.2) is 17.5 Å². The van der Waals surface area contributed by atoms with Crippen molar-refractivity contribution in [3.8, 4) is 67.5 Å². The molecule has 9 aromatic rings. The van der Waals surface area contributed by atoms with Gasteiger partial charge in [-0.1, -0.05) is 177 Å². The van der Waals surface area contributed by atoms with E-state index >= 15 is 0 Å². The molecule has 0 radical (unpaired) electrons. The lowest BCUT2D eigenvalue weighted by Gasteiger charge is -2.19. The summed E-state index contributed by atoms with van der Waals surface area (Å²) in [6.45, 7) is 4.93. The van der Waals surface area contributed by atoms with Crippen LogP contribution >= 0.6 is 0 Å². The van der Waals surface area contributed by atoms with Gasteiger partial charge in [0.25, 0.3) is 0 Å². The largest absolute Gasteiger partial charge is 0.208 e. The van der Waals surface area contributed by atoms with Gasteiger partial charge in [-0.15, -0.1) is 0 Å². The van der Waals surface area contributed by atoms with Gasteiger partial charge >= 0.3 is 0 Å². The van der Waals surface area contributed by atoms with Gasteiger partial charge < -0.3 is 0 Å². The predicted octanol–water partition coefficient (Wildman–Crippen LogP) is 11.3. The second-order valence-electron chi connectivity index (χ2n) is 14.5. The molecule has 3 nitrogen and oxygen atoms in total. The zero-order valence-corrected chi connectivity index (χ0v) is 30.6. The lowest BCUT2D eigenvalue weighted by molar-refractivity contribution is 1.08. The summed E-state index contributed by atoms with van der Waals surface area (Å²) in [7, 11) is -1.99. The monoisotopic (exact) mass is 693 g/mol. The van der Waals surface area contributed by atoms with E-state index in [9.17, 15) is 0 Å². The standard InChI is InChI=1S/C49H35N3Si/c1-53(2)43-19-11-18-42(46(43)45-41-17-10-9-16-35(41)28-29-44(45)53)49-51-47(36-22-20-34(21-23-36)32-12-5-3-6-13-32)50-48(52-49)40-27-26-38-30-37(24-25-39(38)31-40)33-14-7-4-8-15-33/h3-31H,1-2H3. The third-order valence-electron chi connectivity index (χ3n) is 10.9. The van der Waals surface area contributed by atoms with E-state index in [0.717, 1.165) is 27.6 Å². The summed E-state index contributed by atoms with van der Waals surface area (Å²) in [5.41, 5.74) is 10.3. The van der Waals surface area contributed by atoms with Crippen molar-refractivity contribution in [3.05, 3.63) is 176 Å². The number of hydrogen-bond donors (Lipinski definition) is 0. The molecule has 1 aliphatic heterocycles. The van der Waals surface area contributed by atoms with Gasteiger partial charge in [-0.3, -0.25) is 0 Å². The quantitative estimate of drug-likeness (QED) is 0.168. The third kappa shape index (κ3) is 5.30. The smallest absolute Gasteiger partial charge is 0.164 e. The molecule has 10 rings (SSSR count). The van der Waals surface area contributed by atoms with Gasteiger partial charge in [-0.25, -0.2) is 15.0 Å². The molecule has 0 saturated heterocycles. The molecule has 2 heterocycles. The normalized spacial score (nSPS) is 12.9. The maximum Gasteiger partial charge on any atom is 0.164 e. The second kappa shape index (κ2) is 12.3. The van der Waals surface area contributed by atoms with Crippen LogP contribution in [0.15, 0.2) is 176 Å². The van der Waals surface area contributed by atoms with E-state index in [1.807, 2.05) is 6.07 Å². The molecule has 0 bridgehead atoms. The molecule has 250 valence electrons. The first kappa shape index (κ1) is 31.3. The molecule has 1 aromatic heterocycles. The van der Waals surface area contributed by atoms with Gasteiger partial charge in [-0.2, -0.15) is 0 Å². The fourth-order valence-electron chi connectivity index (χ4n) is 8.13. The van der Waals surface area contributed by atoms with Crippen LogP contribution in [0.2, 0.25) is 13.1 Å². The minimum Gasteiger partial charge on any atom is -0.208 e. The summed E-state index contributed by atoms with van der Waals surface area (Å²) >= 11 is 0. The van der Waals surface area contributed by atoms with Gasteiger partial charge in [0.2, 0.25) is 0 Å². The maximum atomic E-state index is 5.31. The van der Waals surface area contributed by atoms with Crippen molar-refractivity contribution in [2.45, 2.75) is 13.1 Å². The number of benzene rings is 8. The van der Waals surface area contributed by atoms with Crippen molar-refractivity contribution in [2.75, 3.05) is 0 Å². The van der Waals surface area contributed by atoms with E-state index in [-0.39, 0.29) is 0 Å². The Labute approximate surface area is 310 Å². The first-order valence-electron chi connectivity index (χ1n) is 18.2. The average molecular weight is 694 g/mol. The zero-order valence-electron chi connectivity index (χ0n) is 29.6. The first-order valence-corrected chi connectivity index (χ1v) is 21.2.